The van der Waals surface area contributed by atoms with Crippen LogP contribution in [0.4, 0.5) is 17.3 Å². The fourth-order valence-electron chi connectivity index (χ4n) is 0. The van der Waals surface area contributed by atoms with Gasteiger partial charge in [0.25, 0.3) is 5.97 Å². The van der Waals surface area contributed by atoms with Crippen molar-refractivity contribution in [1.29, 1.82) is 0 Å². The van der Waals surface area contributed by atoms with E-state index in [0.717, 1.165) is 6.92 Å². The van der Waals surface area contributed by atoms with Gasteiger partial charge in [-0.15, -0.1) is 0 Å². The van der Waals surface area contributed by atoms with Crippen LogP contribution < -0.4 is 0 Å². The standard InChI is InChI=1S/C2H4O2.4BFH2O2.2K.H3O4P.2H/c1-2(3)4;4*2-1(3)4;;;1-5(2,3)4;;/h1H3,(H,3,4);4*3-4H;;;(H3,1,2,3,4);;. The second-order valence-corrected chi connectivity index (χ2v) is 3.30. The first kappa shape index (κ1) is 51.8. The molecule has 0 unspecified atom stereocenters. The summed E-state index contributed by atoms with van der Waals surface area (Å²) in [4.78, 5) is 30.6. The van der Waals surface area contributed by atoms with Gasteiger partial charge in [-0.2, -0.15) is 0 Å². The first-order valence-corrected chi connectivity index (χ1v) is 6.21. The molecule has 0 rings (SSSR count). The Balaban J connectivity index is -0.0000000264. The molecule has 27 heavy (non-hydrogen) atoms. The monoisotopic (exact) mass is 494 g/mol. The molecular weight excluding hydrogens is 476 g/mol. The Morgan fingerprint density at radius 1 is 0.667 bits per heavy atom. The summed E-state index contributed by atoms with van der Waals surface area (Å²) >= 11 is 0. The molecule has 0 aliphatic carbocycles. The quantitative estimate of drug-likeness (QED) is 0.0849. The van der Waals surface area contributed by atoms with Crippen molar-refractivity contribution in [3.63, 3.8) is 0 Å². The summed E-state index contributed by atoms with van der Waals surface area (Å²) in [6.45, 7) is 1.08. The average molecular weight is 494 g/mol. The molecule has 0 aromatic heterocycles. The molecule has 0 spiro atoms. The molecule has 156 valence electrons. The molecule has 25 heteroatoms. The number of aliphatic carboxylic acids is 1. The van der Waals surface area contributed by atoms with Crippen LogP contribution in [0.5, 0.6) is 0 Å². The van der Waals surface area contributed by atoms with Crippen molar-refractivity contribution < 1.29 is 86.6 Å². The molecule has 0 fully saturated rings. The SMILES string of the molecule is CC(=O)O.O=P(O)(O)O.OB(O)F.OB(O)F.OB(O)F.OB(O)F.[KH].[KH]. The third-order valence-corrected chi connectivity index (χ3v) is 0. The summed E-state index contributed by atoms with van der Waals surface area (Å²) < 4.78 is 49.3. The molecule has 0 radical (unpaired) electrons. The van der Waals surface area contributed by atoms with Crippen LogP contribution in [0, 0.1) is 0 Å². The van der Waals surface area contributed by atoms with Crippen LogP contribution >= 0.6 is 7.82 Å². The summed E-state index contributed by atoms with van der Waals surface area (Å²) in [6.07, 6.45) is 0. The number of halogens is 4. The van der Waals surface area contributed by atoms with Gasteiger partial charge in [0.1, 0.15) is 0 Å². The number of rotatable bonds is 0. The molecule has 0 aliphatic rings. The van der Waals surface area contributed by atoms with Crippen molar-refractivity contribution in [1.82, 2.24) is 0 Å². The molecule has 0 heterocycles. The van der Waals surface area contributed by atoms with Gasteiger partial charge in [0.2, 0.25) is 0 Å². The number of phosphoric acid groups is 1. The summed E-state index contributed by atoms with van der Waals surface area (Å²) in [5.41, 5.74) is 0. The van der Waals surface area contributed by atoms with E-state index >= 15 is 0 Å². The van der Waals surface area contributed by atoms with Gasteiger partial charge in [0, 0.05) is 6.92 Å². The number of carboxylic acids is 1. The Kier molecular flexibility index (Phi) is 75.0. The molecule has 12 N–H and O–H groups in total. The van der Waals surface area contributed by atoms with Crippen LogP contribution in [0.2, 0.25) is 0 Å². The van der Waals surface area contributed by atoms with E-state index in [0.29, 0.717) is 0 Å². The Hall–Kier alpha value is 2.51. The fourth-order valence-corrected chi connectivity index (χ4v) is 0. The zero-order valence-electron chi connectivity index (χ0n) is 12.0. The Bertz CT molecular complexity index is 253. The fraction of sp³-hybridized carbons (Fsp3) is 0.500. The first-order chi connectivity index (χ1) is 10.7. The van der Waals surface area contributed by atoms with Crippen LogP contribution in [0.25, 0.3) is 0 Å². The van der Waals surface area contributed by atoms with Crippen molar-refractivity contribution in [2.75, 3.05) is 0 Å². The third kappa shape index (κ3) is 3170. The topological polar surface area (TPSA) is 277 Å². The average Bonchev–Trinajstić information content (AvgIpc) is 2.06. The maximum atomic E-state index is 10.1. The molecule has 0 amide bonds. The van der Waals surface area contributed by atoms with Crippen molar-refractivity contribution in [2.24, 2.45) is 0 Å². The molecule has 0 bridgehead atoms. The van der Waals surface area contributed by atoms with Crippen molar-refractivity contribution in [3.05, 3.63) is 0 Å². The van der Waals surface area contributed by atoms with Gasteiger partial charge < -0.3 is 60.0 Å². The van der Waals surface area contributed by atoms with Gasteiger partial charge in [-0.05, 0) is 0 Å². The Labute approximate surface area is 236 Å². The molecule has 0 aromatic carbocycles. The van der Waals surface area contributed by atoms with E-state index in [1.807, 2.05) is 0 Å². The van der Waals surface area contributed by atoms with Gasteiger partial charge in [-0.25, -0.2) is 4.57 Å². The zero-order valence-corrected chi connectivity index (χ0v) is 12.8. The molecule has 0 aromatic rings. The Morgan fingerprint density at radius 2 is 0.667 bits per heavy atom. The molecule has 0 aliphatic heterocycles. The van der Waals surface area contributed by atoms with Crippen LogP contribution in [-0.4, -0.2) is 198 Å². The van der Waals surface area contributed by atoms with Gasteiger partial charge in [-0.3, -0.25) is 22.1 Å². The normalized spacial score (nSPS) is 7.11. The second-order valence-electron chi connectivity index (χ2n) is 2.27. The minimum atomic E-state index is -4.64. The molecule has 0 saturated carbocycles. The molecule has 0 atom stereocenters. The van der Waals surface area contributed by atoms with Crippen LogP contribution in [0.1, 0.15) is 6.92 Å². The summed E-state index contributed by atoms with van der Waals surface area (Å²) in [5, 5.41) is 63.0. The number of hydrogen-bond donors (Lipinski definition) is 12. The van der Waals surface area contributed by atoms with E-state index in [1.165, 1.54) is 0 Å². The summed E-state index contributed by atoms with van der Waals surface area (Å²) in [7, 11) is -15.3. The van der Waals surface area contributed by atoms with E-state index in [1.54, 1.807) is 0 Å². The molecule has 14 nitrogen and oxygen atoms in total. The predicted molar refractivity (Wildman–Crippen MR) is 87.1 cm³/mol. The molecular formula is C2H17B4F4K2O14P. The van der Waals surface area contributed by atoms with Gasteiger partial charge in [0.15, 0.2) is 0 Å². The second kappa shape index (κ2) is 39.0. The van der Waals surface area contributed by atoms with Crippen molar-refractivity contribution in [3.8, 4) is 0 Å². The van der Waals surface area contributed by atoms with Crippen LogP contribution in [-0.2, 0) is 9.36 Å². The van der Waals surface area contributed by atoms with Gasteiger partial charge >= 0.3 is 140 Å². The Morgan fingerprint density at radius 3 is 0.667 bits per heavy atom. The summed E-state index contributed by atoms with van der Waals surface area (Å²) in [6, 6.07) is 0. The summed E-state index contributed by atoms with van der Waals surface area (Å²) in [5.74, 6) is -0.833. The van der Waals surface area contributed by atoms with E-state index < -0.39 is 43.4 Å². The van der Waals surface area contributed by atoms with E-state index in [9.17, 15) is 17.3 Å². The van der Waals surface area contributed by atoms with Gasteiger partial charge in [0.05, 0.1) is 0 Å². The number of hydrogen-bond acceptors (Lipinski definition) is 10. The molecule has 0 saturated heterocycles. The van der Waals surface area contributed by atoms with E-state index in [4.69, 9.17) is 69.3 Å². The van der Waals surface area contributed by atoms with Crippen LogP contribution in [0.3, 0.4) is 0 Å². The minimum absolute atomic E-state index is 0. The number of carbonyl (C=O) groups is 1. The van der Waals surface area contributed by atoms with Gasteiger partial charge in [-0.1, -0.05) is 0 Å². The third-order valence-electron chi connectivity index (χ3n) is 0. The maximum absolute atomic E-state index is 10.1. The first-order valence-electron chi connectivity index (χ1n) is 4.65. The predicted octanol–water partition coefficient (Wildman–Crippen LogP) is -6.43. The van der Waals surface area contributed by atoms with Crippen LogP contribution in [0.15, 0.2) is 0 Å². The van der Waals surface area contributed by atoms with E-state index in [-0.39, 0.29) is 103 Å². The van der Waals surface area contributed by atoms with Crippen molar-refractivity contribution >= 4 is 146 Å². The van der Waals surface area contributed by atoms with E-state index in [2.05, 4.69) is 0 Å². The van der Waals surface area contributed by atoms with Crippen molar-refractivity contribution in [2.45, 2.75) is 6.92 Å². The number of carboxylic acid groups (broad SMARTS) is 1. The zero-order chi connectivity index (χ0) is 22.4.